The van der Waals surface area contributed by atoms with Gasteiger partial charge in [-0.2, -0.15) is 13.2 Å². The van der Waals surface area contributed by atoms with Crippen LogP contribution in [0.5, 0.6) is 0 Å². The Morgan fingerprint density at radius 2 is 1.68 bits per heavy atom. The number of fused-ring (bicyclic) bond motifs is 1. The molecular weight excluding hydrogens is 295 g/mol. The molecule has 0 aromatic heterocycles. The molecule has 0 bridgehead atoms. The molecule has 22 heavy (non-hydrogen) atoms. The van der Waals surface area contributed by atoms with Crippen molar-refractivity contribution in [1.82, 2.24) is 5.32 Å². The normalized spacial score (nSPS) is 13.9. The van der Waals surface area contributed by atoms with E-state index in [0.717, 1.165) is 5.39 Å². The molecule has 0 saturated carbocycles. The standard InChI is InChI=1S/C16H16F3NO2/c1-15(2,22)13(20-14(21)16(17,18)19)12-9-5-7-10-6-3-4-8-11(10)12/h3-9,13,22H,1-2H3,(H,20,21). The Hall–Kier alpha value is -2.08. The number of alkyl halides is 3. The van der Waals surface area contributed by atoms with Gasteiger partial charge >= 0.3 is 12.1 Å². The highest BCUT2D eigenvalue weighted by Gasteiger charge is 2.42. The van der Waals surface area contributed by atoms with E-state index < -0.39 is 23.7 Å². The lowest BCUT2D eigenvalue weighted by Gasteiger charge is -2.31. The van der Waals surface area contributed by atoms with Gasteiger partial charge in [-0.05, 0) is 30.2 Å². The quantitative estimate of drug-likeness (QED) is 0.913. The molecule has 1 atom stereocenters. The highest BCUT2D eigenvalue weighted by molar-refractivity contribution is 5.88. The number of carbonyl (C=O) groups excluding carboxylic acids is 1. The zero-order valence-electron chi connectivity index (χ0n) is 12.1. The molecule has 1 unspecified atom stereocenters. The van der Waals surface area contributed by atoms with Crippen molar-refractivity contribution in [2.45, 2.75) is 31.7 Å². The molecule has 0 saturated heterocycles. The third kappa shape index (κ3) is 3.39. The van der Waals surface area contributed by atoms with Crippen LogP contribution in [0.2, 0.25) is 0 Å². The van der Waals surface area contributed by atoms with Gasteiger partial charge in [-0.1, -0.05) is 42.5 Å². The van der Waals surface area contributed by atoms with E-state index in [9.17, 15) is 23.1 Å². The van der Waals surface area contributed by atoms with Crippen molar-refractivity contribution in [2.75, 3.05) is 0 Å². The molecule has 0 fully saturated rings. The molecular formula is C16H16F3NO2. The second kappa shape index (κ2) is 5.61. The van der Waals surface area contributed by atoms with Crippen molar-refractivity contribution in [3.8, 4) is 0 Å². The topological polar surface area (TPSA) is 49.3 Å². The highest BCUT2D eigenvalue weighted by Crippen LogP contribution is 2.32. The summed E-state index contributed by atoms with van der Waals surface area (Å²) in [4.78, 5) is 11.3. The van der Waals surface area contributed by atoms with Crippen LogP contribution in [-0.2, 0) is 4.79 Å². The Morgan fingerprint density at radius 3 is 2.27 bits per heavy atom. The van der Waals surface area contributed by atoms with Gasteiger partial charge < -0.3 is 10.4 Å². The van der Waals surface area contributed by atoms with Crippen LogP contribution in [0.1, 0.15) is 25.5 Å². The summed E-state index contributed by atoms with van der Waals surface area (Å²) >= 11 is 0. The first-order valence-electron chi connectivity index (χ1n) is 6.68. The van der Waals surface area contributed by atoms with E-state index >= 15 is 0 Å². The van der Waals surface area contributed by atoms with Crippen LogP contribution in [-0.4, -0.2) is 22.8 Å². The Morgan fingerprint density at radius 1 is 1.09 bits per heavy atom. The Balaban J connectivity index is 2.52. The SMILES string of the molecule is CC(C)(O)C(NC(=O)C(F)(F)F)c1cccc2ccccc12. The van der Waals surface area contributed by atoms with Crippen LogP contribution in [0.15, 0.2) is 42.5 Å². The fraction of sp³-hybridized carbons (Fsp3) is 0.312. The molecule has 0 aliphatic carbocycles. The van der Waals surface area contributed by atoms with Crippen LogP contribution in [0, 0.1) is 0 Å². The van der Waals surface area contributed by atoms with Gasteiger partial charge in [-0.25, -0.2) is 0 Å². The number of hydrogen-bond donors (Lipinski definition) is 2. The molecule has 2 aromatic rings. The van der Waals surface area contributed by atoms with Gasteiger partial charge in [0.15, 0.2) is 0 Å². The van der Waals surface area contributed by atoms with Crippen molar-refractivity contribution in [2.24, 2.45) is 0 Å². The molecule has 0 aliphatic rings. The van der Waals surface area contributed by atoms with E-state index in [1.54, 1.807) is 30.3 Å². The molecule has 0 radical (unpaired) electrons. The molecule has 6 heteroatoms. The third-order valence-corrected chi connectivity index (χ3v) is 3.37. The van der Waals surface area contributed by atoms with Gasteiger partial charge in [-0.3, -0.25) is 4.79 Å². The minimum absolute atomic E-state index is 0.434. The summed E-state index contributed by atoms with van der Waals surface area (Å²) in [6, 6.07) is 11.0. The molecule has 0 aliphatic heterocycles. The van der Waals surface area contributed by atoms with Crippen LogP contribution >= 0.6 is 0 Å². The first-order valence-corrected chi connectivity index (χ1v) is 6.68. The predicted octanol–water partition coefficient (Wildman–Crippen LogP) is 3.33. The maximum Gasteiger partial charge on any atom is 0.471 e. The summed E-state index contributed by atoms with van der Waals surface area (Å²) in [5.41, 5.74) is -1.13. The lowest BCUT2D eigenvalue weighted by atomic mass is 9.88. The first kappa shape index (κ1) is 16.3. The average Bonchev–Trinajstić information content (AvgIpc) is 2.41. The molecule has 2 rings (SSSR count). The monoisotopic (exact) mass is 311 g/mol. The lowest BCUT2D eigenvalue weighted by molar-refractivity contribution is -0.176. The van der Waals surface area contributed by atoms with Crippen molar-refractivity contribution in [3.63, 3.8) is 0 Å². The Kier molecular flexibility index (Phi) is 4.15. The number of carbonyl (C=O) groups is 1. The maximum atomic E-state index is 12.5. The number of halogens is 3. The van der Waals surface area contributed by atoms with Gasteiger partial charge in [0, 0.05) is 0 Å². The highest BCUT2D eigenvalue weighted by atomic mass is 19.4. The van der Waals surface area contributed by atoms with Gasteiger partial charge in [0.2, 0.25) is 0 Å². The van der Waals surface area contributed by atoms with E-state index in [1.807, 2.05) is 17.4 Å². The van der Waals surface area contributed by atoms with Gasteiger partial charge in [0.25, 0.3) is 0 Å². The van der Waals surface area contributed by atoms with Crippen molar-refractivity contribution in [1.29, 1.82) is 0 Å². The number of rotatable bonds is 3. The molecule has 2 aromatic carbocycles. The summed E-state index contributed by atoms with van der Waals surface area (Å²) in [5.74, 6) is -2.08. The number of benzene rings is 2. The Labute approximate surface area is 125 Å². The lowest BCUT2D eigenvalue weighted by Crippen LogP contribution is -2.47. The molecule has 118 valence electrons. The van der Waals surface area contributed by atoms with Crippen molar-refractivity contribution < 1.29 is 23.1 Å². The van der Waals surface area contributed by atoms with Crippen molar-refractivity contribution in [3.05, 3.63) is 48.0 Å². The van der Waals surface area contributed by atoms with Gasteiger partial charge in [0.1, 0.15) is 0 Å². The maximum absolute atomic E-state index is 12.5. The summed E-state index contributed by atoms with van der Waals surface area (Å²) in [6.45, 7) is 2.71. The van der Waals surface area contributed by atoms with Crippen LogP contribution in [0.3, 0.4) is 0 Å². The summed E-state index contributed by atoms with van der Waals surface area (Å²) in [5, 5.41) is 13.6. The largest absolute Gasteiger partial charge is 0.471 e. The van der Waals surface area contributed by atoms with E-state index in [4.69, 9.17) is 0 Å². The number of aliphatic hydroxyl groups is 1. The second-order valence-electron chi connectivity index (χ2n) is 5.63. The van der Waals surface area contributed by atoms with Crippen LogP contribution in [0.25, 0.3) is 10.8 Å². The smallest absolute Gasteiger partial charge is 0.388 e. The average molecular weight is 311 g/mol. The first-order chi connectivity index (χ1) is 10.1. The van der Waals surface area contributed by atoms with Crippen LogP contribution < -0.4 is 5.32 Å². The fourth-order valence-corrected chi connectivity index (χ4v) is 2.35. The second-order valence-corrected chi connectivity index (χ2v) is 5.63. The Bertz CT molecular complexity index is 684. The summed E-state index contributed by atoms with van der Waals surface area (Å²) in [7, 11) is 0. The van der Waals surface area contributed by atoms with Gasteiger partial charge in [0.05, 0.1) is 11.6 Å². The minimum Gasteiger partial charge on any atom is -0.388 e. The summed E-state index contributed by atoms with van der Waals surface area (Å²) in [6.07, 6.45) is -5.01. The van der Waals surface area contributed by atoms with E-state index in [2.05, 4.69) is 0 Å². The number of amides is 1. The molecule has 1 amide bonds. The summed E-state index contributed by atoms with van der Waals surface area (Å²) < 4.78 is 37.6. The molecule has 0 spiro atoms. The molecule has 0 heterocycles. The van der Waals surface area contributed by atoms with E-state index in [1.165, 1.54) is 13.8 Å². The van der Waals surface area contributed by atoms with E-state index in [0.29, 0.717) is 10.9 Å². The zero-order valence-corrected chi connectivity index (χ0v) is 12.1. The zero-order chi connectivity index (χ0) is 16.5. The minimum atomic E-state index is -5.01. The van der Waals surface area contributed by atoms with Crippen LogP contribution in [0.4, 0.5) is 13.2 Å². The molecule has 3 nitrogen and oxygen atoms in total. The third-order valence-electron chi connectivity index (χ3n) is 3.37. The fourth-order valence-electron chi connectivity index (χ4n) is 2.35. The number of nitrogens with one attached hydrogen (secondary N) is 1. The number of hydrogen-bond acceptors (Lipinski definition) is 2. The van der Waals surface area contributed by atoms with Crippen molar-refractivity contribution >= 4 is 16.7 Å². The van der Waals surface area contributed by atoms with Gasteiger partial charge in [-0.15, -0.1) is 0 Å². The molecule has 2 N–H and O–H groups in total. The van der Waals surface area contributed by atoms with E-state index in [-0.39, 0.29) is 0 Å². The predicted molar refractivity (Wildman–Crippen MR) is 77.2 cm³/mol.